The molecule has 0 aromatic rings. The van der Waals surface area contributed by atoms with E-state index in [4.69, 9.17) is 21.4 Å². The first-order valence-corrected chi connectivity index (χ1v) is 8.54. The van der Waals surface area contributed by atoms with Crippen LogP contribution in [0.15, 0.2) is 0 Å². The molecule has 1 atom stereocenters. The molecule has 0 amide bonds. The fourth-order valence-electron chi connectivity index (χ4n) is 2.07. The number of aliphatic carboxylic acids is 1. The van der Waals surface area contributed by atoms with Crippen molar-refractivity contribution in [2.45, 2.75) is 82.9 Å². The van der Waals surface area contributed by atoms with Crippen LogP contribution < -0.4 is 0 Å². The fourth-order valence-corrected chi connectivity index (χ4v) is 2.19. The van der Waals surface area contributed by atoms with Gasteiger partial charge in [-0.15, -0.1) is 11.6 Å². The van der Waals surface area contributed by atoms with Gasteiger partial charge in [0.25, 0.3) is 0 Å². The number of alkyl halides is 1. The van der Waals surface area contributed by atoms with Crippen molar-refractivity contribution in [3.8, 4) is 0 Å². The van der Waals surface area contributed by atoms with E-state index in [0.29, 0.717) is 6.61 Å². The van der Waals surface area contributed by atoms with E-state index >= 15 is 0 Å². The van der Waals surface area contributed by atoms with E-state index in [1.165, 1.54) is 51.4 Å². The van der Waals surface area contributed by atoms with Gasteiger partial charge in [0, 0.05) is 0 Å². The number of carbonyl (C=O) groups excluding carboxylic acids is 1. The van der Waals surface area contributed by atoms with Gasteiger partial charge in [-0.1, -0.05) is 64.7 Å². The summed E-state index contributed by atoms with van der Waals surface area (Å²) in [6, 6.07) is 0. The van der Waals surface area contributed by atoms with Crippen molar-refractivity contribution in [3.05, 3.63) is 0 Å². The molecule has 0 rings (SSSR count). The van der Waals surface area contributed by atoms with Crippen LogP contribution in [-0.4, -0.2) is 29.0 Å². The molecule has 0 aliphatic heterocycles. The van der Waals surface area contributed by atoms with Crippen LogP contribution in [-0.2, 0) is 14.3 Å². The number of carbonyl (C=O) groups is 2. The summed E-state index contributed by atoms with van der Waals surface area (Å²) >= 11 is 5.45. The first-order valence-electron chi connectivity index (χ1n) is 8.10. The third-order valence-electron chi connectivity index (χ3n) is 3.37. The minimum Gasteiger partial charge on any atom is -0.480 e. The monoisotopic (exact) mass is 320 g/mol. The van der Waals surface area contributed by atoms with Gasteiger partial charge in [0.1, 0.15) is 5.38 Å². The standard InChI is InChI=1S/C16H29ClO4/c1-2-3-4-5-6-7-8-9-10-11-12-21-15(18)13-14(17)16(19)20/h14H,2-13H2,1H3,(H,19,20). The Morgan fingerprint density at radius 3 is 1.90 bits per heavy atom. The summed E-state index contributed by atoms with van der Waals surface area (Å²) in [7, 11) is 0. The molecule has 0 aliphatic carbocycles. The summed E-state index contributed by atoms with van der Waals surface area (Å²) < 4.78 is 4.95. The molecule has 0 saturated heterocycles. The lowest BCUT2D eigenvalue weighted by Crippen LogP contribution is -2.19. The van der Waals surface area contributed by atoms with Crippen molar-refractivity contribution in [1.82, 2.24) is 0 Å². The number of unbranched alkanes of at least 4 members (excludes halogenated alkanes) is 9. The lowest BCUT2D eigenvalue weighted by atomic mass is 10.1. The second-order valence-corrected chi connectivity index (χ2v) is 5.94. The number of halogens is 1. The summed E-state index contributed by atoms with van der Waals surface area (Å²) in [6.07, 6.45) is 11.9. The molecule has 0 bridgehead atoms. The molecule has 0 aromatic heterocycles. The molecular formula is C16H29ClO4. The lowest BCUT2D eigenvalue weighted by molar-refractivity contribution is -0.147. The largest absolute Gasteiger partial charge is 0.480 e. The SMILES string of the molecule is CCCCCCCCCCCCOC(=O)CC(Cl)C(=O)O. The van der Waals surface area contributed by atoms with Crippen molar-refractivity contribution in [1.29, 1.82) is 0 Å². The Labute approximate surface area is 133 Å². The minimum atomic E-state index is -1.19. The zero-order chi connectivity index (χ0) is 15.9. The van der Waals surface area contributed by atoms with Gasteiger partial charge in [-0.05, 0) is 6.42 Å². The molecule has 0 aliphatic rings. The van der Waals surface area contributed by atoms with Crippen LogP contribution in [0.2, 0.25) is 0 Å². The highest BCUT2D eigenvalue weighted by Crippen LogP contribution is 2.10. The van der Waals surface area contributed by atoms with Crippen LogP contribution in [0.1, 0.15) is 77.6 Å². The number of esters is 1. The predicted molar refractivity (Wildman–Crippen MR) is 84.7 cm³/mol. The van der Waals surface area contributed by atoms with E-state index in [-0.39, 0.29) is 6.42 Å². The quantitative estimate of drug-likeness (QED) is 0.290. The molecule has 4 nitrogen and oxygen atoms in total. The molecule has 0 aromatic carbocycles. The third kappa shape index (κ3) is 13.9. The van der Waals surface area contributed by atoms with Crippen LogP contribution >= 0.6 is 11.6 Å². The fraction of sp³-hybridized carbons (Fsp3) is 0.875. The number of carboxylic acid groups (broad SMARTS) is 1. The summed E-state index contributed by atoms with van der Waals surface area (Å²) in [5, 5.41) is 7.36. The van der Waals surface area contributed by atoms with E-state index in [0.717, 1.165) is 12.8 Å². The first kappa shape index (κ1) is 20.2. The van der Waals surface area contributed by atoms with E-state index in [1.54, 1.807) is 0 Å². The molecule has 1 N–H and O–H groups in total. The Balaban J connectivity index is 3.25. The molecule has 0 spiro atoms. The second kappa shape index (κ2) is 14.2. The number of carboxylic acids is 1. The Morgan fingerprint density at radius 2 is 1.43 bits per heavy atom. The van der Waals surface area contributed by atoms with Crippen molar-refractivity contribution in [3.63, 3.8) is 0 Å². The van der Waals surface area contributed by atoms with Gasteiger partial charge >= 0.3 is 11.9 Å². The van der Waals surface area contributed by atoms with Gasteiger partial charge in [-0.25, -0.2) is 0 Å². The third-order valence-corrected chi connectivity index (χ3v) is 3.72. The molecule has 0 radical (unpaired) electrons. The Morgan fingerprint density at radius 1 is 0.952 bits per heavy atom. The van der Waals surface area contributed by atoms with E-state index in [1.807, 2.05) is 0 Å². The molecule has 21 heavy (non-hydrogen) atoms. The highest BCUT2D eigenvalue weighted by atomic mass is 35.5. The summed E-state index contributed by atoms with van der Waals surface area (Å²) in [6.45, 7) is 2.58. The maximum Gasteiger partial charge on any atom is 0.322 e. The second-order valence-electron chi connectivity index (χ2n) is 5.41. The van der Waals surface area contributed by atoms with Crippen LogP contribution in [0.4, 0.5) is 0 Å². The van der Waals surface area contributed by atoms with E-state index in [2.05, 4.69) is 6.92 Å². The Kier molecular flexibility index (Phi) is 13.7. The summed E-state index contributed by atoms with van der Waals surface area (Å²) in [5.74, 6) is -1.72. The molecule has 0 saturated carbocycles. The number of hydrogen-bond acceptors (Lipinski definition) is 3. The zero-order valence-electron chi connectivity index (χ0n) is 13.1. The molecule has 124 valence electrons. The molecule has 5 heteroatoms. The summed E-state index contributed by atoms with van der Waals surface area (Å²) in [5.41, 5.74) is 0. The van der Waals surface area contributed by atoms with Crippen molar-refractivity contribution < 1.29 is 19.4 Å². The molecule has 0 fully saturated rings. The van der Waals surface area contributed by atoms with E-state index < -0.39 is 17.3 Å². The van der Waals surface area contributed by atoms with Gasteiger partial charge in [0.05, 0.1) is 13.0 Å². The highest BCUT2D eigenvalue weighted by molar-refractivity contribution is 6.30. The molecule has 1 unspecified atom stereocenters. The van der Waals surface area contributed by atoms with Crippen molar-refractivity contribution >= 4 is 23.5 Å². The van der Waals surface area contributed by atoms with Gasteiger partial charge in [-0.3, -0.25) is 9.59 Å². The maximum atomic E-state index is 11.2. The topological polar surface area (TPSA) is 63.6 Å². The number of hydrogen-bond donors (Lipinski definition) is 1. The van der Waals surface area contributed by atoms with Crippen LogP contribution in [0, 0.1) is 0 Å². The molecular weight excluding hydrogens is 292 g/mol. The van der Waals surface area contributed by atoms with Gasteiger partial charge in [0.15, 0.2) is 0 Å². The number of rotatable bonds is 14. The smallest absolute Gasteiger partial charge is 0.322 e. The van der Waals surface area contributed by atoms with Crippen LogP contribution in [0.5, 0.6) is 0 Å². The van der Waals surface area contributed by atoms with Gasteiger partial charge in [-0.2, -0.15) is 0 Å². The van der Waals surface area contributed by atoms with Gasteiger partial charge < -0.3 is 9.84 Å². The van der Waals surface area contributed by atoms with E-state index in [9.17, 15) is 9.59 Å². The summed E-state index contributed by atoms with van der Waals surface area (Å²) in [4.78, 5) is 21.7. The van der Waals surface area contributed by atoms with Crippen LogP contribution in [0.25, 0.3) is 0 Å². The first-order chi connectivity index (χ1) is 10.1. The van der Waals surface area contributed by atoms with Gasteiger partial charge in [0.2, 0.25) is 0 Å². The van der Waals surface area contributed by atoms with Crippen molar-refractivity contribution in [2.75, 3.05) is 6.61 Å². The lowest BCUT2D eigenvalue weighted by Gasteiger charge is -2.06. The molecule has 0 heterocycles. The average Bonchev–Trinajstić information content (AvgIpc) is 2.44. The van der Waals surface area contributed by atoms with Crippen LogP contribution in [0.3, 0.4) is 0 Å². The average molecular weight is 321 g/mol. The van der Waals surface area contributed by atoms with Crippen molar-refractivity contribution in [2.24, 2.45) is 0 Å². The normalized spacial score (nSPS) is 12.1. The number of ether oxygens (including phenoxy) is 1. The maximum absolute atomic E-state index is 11.2. The zero-order valence-corrected chi connectivity index (χ0v) is 13.9. The Bertz CT molecular complexity index is 281. The Hall–Kier alpha value is -0.770. The highest BCUT2D eigenvalue weighted by Gasteiger charge is 2.18. The predicted octanol–water partition coefficient (Wildman–Crippen LogP) is 4.53. The minimum absolute atomic E-state index is 0.269.